The van der Waals surface area contributed by atoms with Crippen LogP contribution in [0.3, 0.4) is 0 Å². The second-order valence-corrected chi connectivity index (χ2v) is 7.38. The zero-order chi connectivity index (χ0) is 18.2. The standard InChI is InChI=1S/C22H15N3OS/c26-22-17-7-4-8-18-20(17)25(14-13-23-22)21(24-18)19-12-11-16(27-19)10-9-15-5-2-1-3-6-15/h1-8,11-12H,13-14H2,(H,23,26). The van der Waals surface area contributed by atoms with Crippen LogP contribution in [0.2, 0.25) is 0 Å². The molecule has 3 heterocycles. The maximum Gasteiger partial charge on any atom is 0.253 e. The van der Waals surface area contributed by atoms with Gasteiger partial charge in [0.25, 0.3) is 5.91 Å². The molecular formula is C22H15N3OS. The molecule has 0 fully saturated rings. The number of nitrogens with one attached hydrogen (secondary N) is 1. The van der Waals surface area contributed by atoms with Crippen molar-refractivity contribution in [3.8, 4) is 22.5 Å². The van der Waals surface area contributed by atoms with Crippen molar-refractivity contribution >= 4 is 28.3 Å². The molecule has 1 N–H and O–H groups in total. The average Bonchev–Trinajstić information content (AvgIpc) is 3.27. The van der Waals surface area contributed by atoms with E-state index in [2.05, 4.69) is 27.8 Å². The Labute approximate surface area is 160 Å². The van der Waals surface area contributed by atoms with Crippen LogP contribution in [-0.2, 0) is 6.54 Å². The number of amides is 1. The number of aromatic nitrogens is 2. The molecule has 0 unspecified atom stereocenters. The van der Waals surface area contributed by atoms with Crippen molar-refractivity contribution in [3.05, 3.63) is 76.7 Å². The molecule has 5 rings (SSSR count). The van der Waals surface area contributed by atoms with Crippen LogP contribution in [0.5, 0.6) is 0 Å². The van der Waals surface area contributed by atoms with Gasteiger partial charge in [-0.2, -0.15) is 0 Å². The van der Waals surface area contributed by atoms with Crippen molar-refractivity contribution in [1.82, 2.24) is 14.9 Å². The van der Waals surface area contributed by atoms with Gasteiger partial charge in [0.1, 0.15) is 0 Å². The number of nitrogens with zero attached hydrogens (tertiary/aromatic N) is 2. The summed E-state index contributed by atoms with van der Waals surface area (Å²) < 4.78 is 2.14. The van der Waals surface area contributed by atoms with E-state index in [-0.39, 0.29) is 5.91 Å². The smallest absolute Gasteiger partial charge is 0.253 e. The monoisotopic (exact) mass is 369 g/mol. The molecule has 4 aromatic rings. The minimum Gasteiger partial charge on any atom is -0.350 e. The Hall–Kier alpha value is -3.36. The highest BCUT2D eigenvalue weighted by Crippen LogP contribution is 2.32. The summed E-state index contributed by atoms with van der Waals surface area (Å²) in [6.07, 6.45) is 0. The zero-order valence-corrected chi connectivity index (χ0v) is 15.2. The first-order valence-corrected chi connectivity index (χ1v) is 9.56. The van der Waals surface area contributed by atoms with Crippen LogP contribution in [0, 0.1) is 11.8 Å². The van der Waals surface area contributed by atoms with E-state index in [1.165, 1.54) is 0 Å². The van der Waals surface area contributed by atoms with Crippen LogP contribution in [0.25, 0.3) is 21.7 Å². The van der Waals surface area contributed by atoms with E-state index in [1.54, 1.807) is 11.3 Å². The molecule has 2 aromatic carbocycles. The van der Waals surface area contributed by atoms with Crippen molar-refractivity contribution in [3.63, 3.8) is 0 Å². The van der Waals surface area contributed by atoms with E-state index in [1.807, 2.05) is 54.6 Å². The van der Waals surface area contributed by atoms with Gasteiger partial charge < -0.3 is 9.88 Å². The quantitative estimate of drug-likeness (QED) is 0.517. The van der Waals surface area contributed by atoms with Crippen LogP contribution in [0.15, 0.2) is 60.7 Å². The van der Waals surface area contributed by atoms with Gasteiger partial charge >= 0.3 is 0 Å². The fourth-order valence-corrected chi connectivity index (χ4v) is 4.19. The molecule has 1 aliphatic rings. The van der Waals surface area contributed by atoms with Crippen molar-refractivity contribution < 1.29 is 4.79 Å². The molecule has 0 saturated carbocycles. The molecule has 130 valence electrons. The summed E-state index contributed by atoms with van der Waals surface area (Å²) in [6.45, 7) is 1.30. The highest BCUT2D eigenvalue weighted by atomic mass is 32.1. The number of para-hydroxylation sites is 1. The van der Waals surface area contributed by atoms with Crippen LogP contribution < -0.4 is 5.32 Å². The van der Waals surface area contributed by atoms with Gasteiger partial charge in [-0.1, -0.05) is 36.1 Å². The minimum atomic E-state index is -0.0357. The summed E-state index contributed by atoms with van der Waals surface area (Å²) >= 11 is 1.63. The van der Waals surface area contributed by atoms with Crippen molar-refractivity contribution in [2.24, 2.45) is 0 Å². The Kier molecular flexibility index (Phi) is 3.77. The molecule has 27 heavy (non-hydrogen) atoms. The molecular weight excluding hydrogens is 354 g/mol. The second kappa shape index (κ2) is 6.42. The summed E-state index contributed by atoms with van der Waals surface area (Å²) in [5.74, 6) is 7.29. The Morgan fingerprint density at radius 1 is 1.00 bits per heavy atom. The Bertz CT molecular complexity index is 1220. The molecule has 4 nitrogen and oxygen atoms in total. The highest BCUT2D eigenvalue weighted by Gasteiger charge is 2.22. The van der Waals surface area contributed by atoms with Crippen LogP contribution in [0.4, 0.5) is 0 Å². The molecule has 0 aliphatic carbocycles. The minimum absolute atomic E-state index is 0.0357. The van der Waals surface area contributed by atoms with Gasteiger partial charge in [0.2, 0.25) is 0 Å². The number of thiophene rings is 1. The lowest BCUT2D eigenvalue weighted by atomic mass is 10.2. The number of carbonyl (C=O) groups is 1. The maximum atomic E-state index is 12.3. The Morgan fingerprint density at radius 2 is 1.89 bits per heavy atom. The second-order valence-electron chi connectivity index (χ2n) is 6.30. The van der Waals surface area contributed by atoms with Gasteiger partial charge in [0.05, 0.1) is 26.4 Å². The predicted molar refractivity (Wildman–Crippen MR) is 108 cm³/mol. The van der Waals surface area contributed by atoms with Crippen LogP contribution in [0.1, 0.15) is 20.8 Å². The largest absolute Gasteiger partial charge is 0.350 e. The van der Waals surface area contributed by atoms with Crippen LogP contribution >= 0.6 is 11.3 Å². The number of imidazole rings is 1. The first-order valence-electron chi connectivity index (χ1n) is 8.74. The zero-order valence-electron chi connectivity index (χ0n) is 14.4. The van der Waals surface area contributed by atoms with E-state index < -0.39 is 0 Å². The van der Waals surface area contributed by atoms with Crippen molar-refractivity contribution in [1.29, 1.82) is 0 Å². The number of rotatable bonds is 1. The molecule has 0 radical (unpaired) electrons. The summed E-state index contributed by atoms with van der Waals surface area (Å²) in [5.41, 5.74) is 3.45. The number of hydrogen-bond acceptors (Lipinski definition) is 3. The highest BCUT2D eigenvalue weighted by molar-refractivity contribution is 7.15. The van der Waals surface area contributed by atoms with Crippen molar-refractivity contribution in [2.75, 3.05) is 6.54 Å². The topological polar surface area (TPSA) is 46.9 Å². The first-order chi connectivity index (χ1) is 13.3. The van der Waals surface area contributed by atoms with E-state index >= 15 is 0 Å². The maximum absolute atomic E-state index is 12.3. The van der Waals surface area contributed by atoms with Gasteiger partial charge in [-0.05, 0) is 36.4 Å². The predicted octanol–water partition coefficient (Wildman–Crippen LogP) is 3.91. The summed E-state index contributed by atoms with van der Waals surface area (Å²) in [6, 6.07) is 19.8. The lowest BCUT2D eigenvalue weighted by Gasteiger charge is -2.05. The van der Waals surface area contributed by atoms with Gasteiger partial charge in [-0.25, -0.2) is 4.98 Å². The lowest BCUT2D eigenvalue weighted by Crippen LogP contribution is -2.24. The lowest BCUT2D eigenvalue weighted by molar-refractivity contribution is 0.0956. The molecule has 1 aliphatic heterocycles. The third-order valence-corrected chi connectivity index (χ3v) is 5.56. The van der Waals surface area contributed by atoms with E-state index in [0.717, 1.165) is 32.2 Å². The van der Waals surface area contributed by atoms with E-state index in [9.17, 15) is 4.79 Å². The number of carbonyl (C=O) groups excluding carboxylic acids is 1. The fourth-order valence-electron chi connectivity index (χ4n) is 3.33. The van der Waals surface area contributed by atoms with Crippen molar-refractivity contribution in [2.45, 2.75) is 6.54 Å². The number of benzene rings is 2. The third kappa shape index (κ3) is 2.80. The Morgan fingerprint density at radius 3 is 2.78 bits per heavy atom. The summed E-state index contributed by atoms with van der Waals surface area (Å²) in [7, 11) is 0. The van der Waals surface area contributed by atoms with Crippen LogP contribution in [-0.4, -0.2) is 22.0 Å². The Balaban J connectivity index is 1.58. The van der Waals surface area contributed by atoms with Gasteiger partial charge in [-0.15, -0.1) is 11.3 Å². The van der Waals surface area contributed by atoms with Gasteiger partial charge in [-0.3, -0.25) is 4.79 Å². The number of hydrogen-bond donors (Lipinski definition) is 1. The van der Waals surface area contributed by atoms with Gasteiger partial charge in [0, 0.05) is 18.7 Å². The van der Waals surface area contributed by atoms with E-state index in [4.69, 9.17) is 4.98 Å². The summed E-state index contributed by atoms with van der Waals surface area (Å²) in [5, 5.41) is 2.95. The molecule has 5 heteroatoms. The first kappa shape index (κ1) is 15.9. The van der Waals surface area contributed by atoms with E-state index in [0.29, 0.717) is 18.7 Å². The molecule has 1 amide bonds. The third-order valence-electron chi connectivity index (χ3n) is 4.56. The molecule has 2 aromatic heterocycles. The molecule has 0 atom stereocenters. The SMILES string of the molecule is O=C1NCCn2c(-c3ccc(C#Cc4ccccc4)s3)nc3cccc1c32. The van der Waals surface area contributed by atoms with Gasteiger partial charge in [0.15, 0.2) is 5.82 Å². The molecule has 0 saturated heterocycles. The average molecular weight is 369 g/mol. The molecule has 0 bridgehead atoms. The normalized spacial score (nSPS) is 13.0. The summed E-state index contributed by atoms with van der Waals surface area (Å²) in [4.78, 5) is 19.2. The molecule has 0 spiro atoms. The fraction of sp³-hybridized carbons (Fsp3) is 0.0909.